The monoisotopic (exact) mass is 268 g/mol. The molecule has 2 heterocycles. The van der Waals surface area contributed by atoms with Crippen LogP contribution < -0.4 is 0 Å². The second-order valence-corrected chi connectivity index (χ2v) is 4.39. The van der Waals surface area contributed by atoms with Crippen LogP contribution in [0, 0.1) is 6.92 Å². The van der Waals surface area contributed by atoms with Crippen LogP contribution in [-0.4, -0.2) is 16.1 Å². The zero-order chi connectivity index (χ0) is 13.9. The highest BCUT2D eigenvalue weighted by Gasteiger charge is 2.11. The van der Waals surface area contributed by atoms with Crippen molar-refractivity contribution < 1.29 is 14.1 Å². The summed E-state index contributed by atoms with van der Waals surface area (Å²) in [5.41, 5.74) is 1.62. The lowest BCUT2D eigenvalue weighted by Gasteiger charge is -2.03. The minimum absolute atomic E-state index is 0.0741. The second kappa shape index (κ2) is 5.13. The van der Waals surface area contributed by atoms with Gasteiger partial charge >= 0.3 is 5.97 Å². The van der Waals surface area contributed by atoms with Crippen LogP contribution in [0.4, 0.5) is 0 Å². The minimum atomic E-state index is -0.476. The Hall–Kier alpha value is -2.69. The molecule has 1 aromatic carbocycles. The number of hydrogen-bond donors (Lipinski definition) is 0. The number of para-hydroxylation sites is 1. The number of benzene rings is 1. The molecule has 2 aromatic heterocycles. The molecule has 0 fully saturated rings. The molecule has 100 valence electrons. The molecule has 0 radical (unpaired) electrons. The van der Waals surface area contributed by atoms with Crippen molar-refractivity contribution in [2.24, 2.45) is 0 Å². The third kappa shape index (κ3) is 2.51. The van der Waals surface area contributed by atoms with Gasteiger partial charge in [0.1, 0.15) is 23.8 Å². The summed E-state index contributed by atoms with van der Waals surface area (Å²) in [7, 11) is 0. The number of hydrogen-bond acceptors (Lipinski definition) is 5. The first-order chi connectivity index (χ1) is 9.72. The van der Waals surface area contributed by atoms with Crippen LogP contribution >= 0.6 is 0 Å². The molecule has 0 unspecified atom stereocenters. The predicted molar refractivity (Wildman–Crippen MR) is 72.1 cm³/mol. The van der Waals surface area contributed by atoms with Gasteiger partial charge in [-0.25, -0.2) is 9.78 Å². The molecule has 0 amide bonds. The van der Waals surface area contributed by atoms with E-state index in [1.807, 2.05) is 30.3 Å². The van der Waals surface area contributed by atoms with Crippen LogP contribution in [0.15, 0.2) is 47.0 Å². The van der Waals surface area contributed by atoms with Crippen molar-refractivity contribution in [3.05, 3.63) is 59.6 Å². The van der Waals surface area contributed by atoms with Crippen LogP contribution in [-0.2, 0) is 11.3 Å². The molecule has 0 aliphatic carbocycles. The van der Waals surface area contributed by atoms with Crippen molar-refractivity contribution >= 4 is 16.9 Å². The SMILES string of the molecule is Cc1cc(COC(=O)c2ccc3ccccc3n2)no1. The molecule has 0 aliphatic rings. The van der Waals surface area contributed by atoms with Gasteiger partial charge in [0.25, 0.3) is 0 Å². The van der Waals surface area contributed by atoms with Gasteiger partial charge < -0.3 is 9.26 Å². The first kappa shape index (κ1) is 12.3. The topological polar surface area (TPSA) is 65.2 Å². The Balaban J connectivity index is 1.75. The van der Waals surface area contributed by atoms with Crippen molar-refractivity contribution in [1.29, 1.82) is 0 Å². The average Bonchev–Trinajstić information content (AvgIpc) is 2.90. The number of pyridine rings is 1. The van der Waals surface area contributed by atoms with Gasteiger partial charge in [0, 0.05) is 11.5 Å². The van der Waals surface area contributed by atoms with Crippen LogP contribution in [0.5, 0.6) is 0 Å². The van der Waals surface area contributed by atoms with Crippen LogP contribution in [0.3, 0.4) is 0 Å². The number of ether oxygens (including phenoxy) is 1. The van der Waals surface area contributed by atoms with Crippen LogP contribution in [0.25, 0.3) is 10.9 Å². The Bertz CT molecular complexity index is 764. The summed E-state index contributed by atoms with van der Waals surface area (Å²) < 4.78 is 10.1. The summed E-state index contributed by atoms with van der Waals surface area (Å²) in [6, 6.07) is 12.8. The Kier molecular flexibility index (Phi) is 3.16. The molecule has 3 aromatic rings. The molecular formula is C15H12N2O3. The first-order valence-corrected chi connectivity index (χ1v) is 6.17. The van der Waals surface area contributed by atoms with E-state index < -0.39 is 5.97 Å². The van der Waals surface area contributed by atoms with Gasteiger partial charge in [-0.15, -0.1) is 0 Å². The van der Waals surface area contributed by atoms with Gasteiger partial charge in [0.2, 0.25) is 0 Å². The smallest absolute Gasteiger partial charge is 0.357 e. The number of carbonyl (C=O) groups is 1. The van der Waals surface area contributed by atoms with Crippen molar-refractivity contribution in [3.8, 4) is 0 Å². The average molecular weight is 268 g/mol. The number of rotatable bonds is 3. The van der Waals surface area contributed by atoms with E-state index in [4.69, 9.17) is 9.26 Å². The predicted octanol–water partition coefficient (Wildman–Crippen LogP) is 2.89. The maximum atomic E-state index is 11.9. The number of nitrogens with zero attached hydrogens (tertiary/aromatic N) is 2. The third-order valence-electron chi connectivity index (χ3n) is 2.84. The lowest BCUT2D eigenvalue weighted by atomic mass is 10.2. The van der Waals surface area contributed by atoms with E-state index >= 15 is 0 Å². The fourth-order valence-electron chi connectivity index (χ4n) is 1.88. The van der Waals surface area contributed by atoms with E-state index in [1.54, 1.807) is 19.1 Å². The fourth-order valence-corrected chi connectivity index (χ4v) is 1.88. The van der Waals surface area contributed by atoms with Gasteiger partial charge in [-0.05, 0) is 19.1 Å². The van der Waals surface area contributed by atoms with E-state index in [1.165, 1.54) is 0 Å². The Morgan fingerprint density at radius 1 is 1.25 bits per heavy atom. The van der Waals surface area contributed by atoms with E-state index in [2.05, 4.69) is 10.1 Å². The van der Waals surface area contributed by atoms with Gasteiger partial charge in [0.15, 0.2) is 0 Å². The van der Waals surface area contributed by atoms with Crippen molar-refractivity contribution in [3.63, 3.8) is 0 Å². The number of aromatic nitrogens is 2. The minimum Gasteiger partial charge on any atom is -0.454 e. The number of fused-ring (bicyclic) bond motifs is 1. The molecule has 0 aliphatic heterocycles. The highest BCUT2D eigenvalue weighted by Crippen LogP contribution is 2.13. The molecule has 5 nitrogen and oxygen atoms in total. The highest BCUT2D eigenvalue weighted by atomic mass is 16.5. The number of esters is 1. The van der Waals surface area contributed by atoms with E-state index in [0.29, 0.717) is 11.5 Å². The van der Waals surface area contributed by atoms with E-state index in [0.717, 1.165) is 10.9 Å². The Morgan fingerprint density at radius 3 is 2.90 bits per heavy atom. The maximum Gasteiger partial charge on any atom is 0.357 e. The lowest BCUT2D eigenvalue weighted by Crippen LogP contribution is -2.07. The molecule has 0 saturated carbocycles. The van der Waals surface area contributed by atoms with Gasteiger partial charge in [-0.2, -0.15) is 0 Å². The lowest BCUT2D eigenvalue weighted by molar-refractivity contribution is 0.0458. The van der Waals surface area contributed by atoms with Gasteiger partial charge in [-0.1, -0.05) is 29.4 Å². The summed E-state index contributed by atoms with van der Waals surface area (Å²) in [5.74, 6) is 0.205. The summed E-state index contributed by atoms with van der Waals surface area (Å²) in [5, 5.41) is 4.74. The number of carbonyl (C=O) groups excluding carboxylic acids is 1. The molecule has 0 saturated heterocycles. The van der Waals surface area contributed by atoms with Gasteiger partial charge in [0.05, 0.1) is 5.52 Å². The largest absolute Gasteiger partial charge is 0.454 e. The van der Waals surface area contributed by atoms with Crippen molar-refractivity contribution in [1.82, 2.24) is 10.1 Å². The normalized spacial score (nSPS) is 10.7. The maximum absolute atomic E-state index is 11.9. The van der Waals surface area contributed by atoms with Crippen molar-refractivity contribution in [2.75, 3.05) is 0 Å². The molecule has 0 bridgehead atoms. The summed E-state index contributed by atoms with van der Waals surface area (Å²) in [4.78, 5) is 16.2. The molecular weight excluding hydrogens is 256 g/mol. The molecule has 0 N–H and O–H groups in total. The molecule has 3 rings (SSSR count). The quantitative estimate of drug-likeness (QED) is 0.683. The second-order valence-electron chi connectivity index (χ2n) is 4.39. The standard InChI is InChI=1S/C15H12N2O3/c1-10-8-12(17-20-10)9-19-15(18)14-7-6-11-4-2-3-5-13(11)16-14/h2-8H,9H2,1H3. The first-order valence-electron chi connectivity index (χ1n) is 6.17. The summed E-state index contributed by atoms with van der Waals surface area (Å²) in [6.45, 7) is 1.86. The molecule has 0 atom stereocenters. The summed E-state index contributed by atoms with van der Waals surface area (Å²) in [6.07, 6.45) is 0. The Labute approximate surface area is 115 Å². The molecule has 5 heteroatoms. The van der Waals surface area contributed by atoms with Gasteiger partial charge in [-0.3, -0.25) is 0 Å². The highest BCUT2D eigenvalue weighted by molar-refractivity contribution is 5.90. The summed E-state index contributed by atoms with van der Waals surface area (Å²) >= 11 is 0. The fraction of sp³-hybridized carbons (Fsp3) is 0.133. The van der Waals surface area contributed by atoms with Crippen LogP contribution in [0.1, 0.15) is 21.9 Å². The zero-order valence-electron chi connectivity index (χ0n) is 10.9. The Morgan fingerprint density at radius 2 is 2.10 bits per heavy atom. The zero-order valence-corrected chi connectivity index (χ0v) is 10.9. The third-order valence-corrected chi connectivity index (χ3v) is 2.84. The van der Waals surface area contributed by atoms with E-state index in [9.17, 15) is 4.79 Å². The van der Waals surface area contributed by atoms with E-state index in [-0.39, 0.29) is 12.3 Å². The van der Waals surface area contributed by atoms with Crippen LogP contribution in [0.2, 0.25) is 0 Å². The number of aryl methyl sites for hydroxylation is 1. The molecule has 20 heavy (non-hydrogen) atoms. The van der Waals surface area contributed by atoms with Crippen molar-refractivity contribution in [2.45, 2.75) is 13.5 Å². The molecule has 0 spiro atoms.